The first-order valence-corrected chi connectivity index (χ1v) is 9.80. The number of imidazole rings is 2. The molecule has 9 heteroatoms. The monoisotopic (exact) mass is 423 g/mol. The summed E-state index contributed by atoms with van der Waals surface area (Å²) >= 11 is 0. The van der Waals surface area contributed by atoms with E-state index < -0.39 is 5.91 Å². The lowest BCUT2D eigenvalue weighted by Crippen LogP contribution is -2.16. The number of benzene rings is 2. The molecule has 32 heavy (non-hydrogen) atoms. The predicted molar refractivity (Wildman–Crippen MR) is 120 cm³/mol. The van der Waals surface area contributed by atoms with Gasteiger partial charge in [-0.15, -0.1) is 0 Å². The molecular weight excluding hydrogens is 406 g/mol. The number of nitrogens with one attached hydrogen (secondary N) is 4. The van der Waals surface area contributed by atoms with Gasteiger partial charge in [0.1, 0.15) is 11.2 Å². The van der Waals surface area contributed by atoms with Crippen LogP contribution in [0.4, 0.5) is 11.9 Å². The van der Waals surface area contributed by atoms with E-state index in [1.54, 1.807) is 42.9 Å². The number of pyridine rings is 1. The maximum absolute atomic E-state index is 13.0. The van der Waals surface area contributed by atoms with Crippen molar-refractivity contribution in [3.8, 4) is 11.1 Å². The Bertz CT molecular complexity index is 1410. The summed E-state index contributed by atoms with van der Waals surface area (Å²) in [5, 5.41) is 5.43. The van der Waals surface area contributed by atoms with Gasteiger partial charge in [-0.25, -0.2) is 9.97 Å². The van der Waals surface area contributed by atoms with Crippen LogP contribution in [0.5, 0.6) is 0 Å². The second-order valence-corrected chi connectivity index (χ2v) is 6.90. The van der Waals surface area contributed by atoms with E-state index in [-0.39, 0.29) is 17.5 Å². The van der Waals surface area contributed by atoms with Crippen LogP contribution < -0.4 is 10.6 Å². The average molecular weight is 423 g/mol. The lowest BCUT2D eigenvalue weighted by Gasteiger charge is -2.08. The highest BCUT2D eigenvalue weighted by Gasteiger charge is 2.18. The van der Waals surface area contributed by atoms with Crippen LogP contribution in [0.25, 0.3) is 22.2 Å². The molecule has 0 aliphatic rings. The third kappa shape index (κ3) is 3.70. The van der Waals surface area contributed by atoms with Gasteiger partial charge in [-0.1, -0.05) is 42.5 Å². The maximum Gasteiger partial charge on any atom is 0.277 e. The largest absolute Gasteiger partial charge is 0.331 e. The van der Waals surface area contributed by atoms with Crippen LogP contribution in [0, 0.1) is 0 Å². The highest BCUT2D eigenvalue weighted by atomic mass is 16.2. The molecule has 0 fully saturated rings. The summed E-state index contributed by atoms with van der Waals surface area (Å²) in [6, 6.07) is 18.3. The Morgan fingerprint density at radius 3 is 2.44 bits per heavy atom. The number of amides is 2. The number of H-pyrrole nitrogens is 2. The molecule has 2 amide bonds. The molecule has 4 N–H and O–H groups in total. The van der Waals surface area contributed by atoms with Crippen molar-refractivity contribution in [3.63, 3.8) is 0 Å². The predicted octanol–water partition coefficient (Wildman–Crippen LogP) is 3.85. The first kappa shape index (κ1) is 19.2. The molecule has 156 valence electrons. The molecule has 0 spiro atoms. The van der Waals surface area contributed by atoms with Crippen molar-refractivity contribution in [2.75, 3.05) is 10.6 Å². The zero-order valence-corrected chi connectivity index (χ0v) is 16.7. The molecule has 3 aromatic heterocycles. The van der Waals surface area contributed by atoms with E-state index in [9.17, 15) is 9.59 Å². The lowest BCUT2D eigenvalue weighted by atomic mass is 10.0. The number of hydrogen-bond donors (Lipinski definition) is 4. The van der Waals surface area contributed by atoms with E-state index in [4.69, 9.17) is 0 Å². The molecule has 0 aliphatic carbocycles. The van der Waals surface area contributed by atoms with Crippen LogP contribution in [-0.2, 0) is 0 Å². The highest BCUT2D eigenvalue weighted by Crippen LogP contribution is 2.24. The number of rotatable bonds is 5. The number of carbonyl (C=O) groups is 2. The van der Waals surface area contributed by atoms with E-state index >= 15 is 0 Å². The SMILES string of the molecule is O=C(Nc1nc2c(C(=O)Nc3ncc[nH]3)cccc2[nH]1)c1ncccc1-c1ccccc1. The van der Waals surface area contributed by atoms with Crippen molar-refractivity contribution in [3.05, 3.63) is 90.5 Å². The van der Waals surface area contributed by atoms with E-state index in [1.807, 2.05) is 36.4 Å². The summed E-state index contributed by atoms with van der Waals surface area (Å²) in [5.74, 6) is -0.233. The molecule has 5 rings (SSSR count). The van der Waals surface area contributed by atoms with Crippen molar-refractivity contribution in [1.29, 1.82) is 0 Å². The van der Waals surface area contributed by atoms with Crippen LogP contribution in [0.1, 0.15) is 20.8 Å². The maximum atomic E-state index is 13.0. The van der Waals surface area contributed by atoms with Gasteiger partial charge in [0.05, 0.1) is 11.1 Å². The smallest absolute Gasteiger partial charge is 0.277 e. The van der Waals surface area contributed by atoms with Crippen LogP contribution in [0.15, 0.2) is 79.3 Å². The molecular formula is C23H17N7O2. The number of aromatic amines is 2. The quantitative estimate of drug-likeness (QED) is 0.341. The van der Waals surface area contributed by atoms with Gasteiger partial charge < -0.3 is 9.97 Å². The molecule has 0 radical (unpaired) electrons. The first-order chi connectivity index (χ1) is 15.7. The summed E-state index contributed by atoms with van der Waals surface area (Å²) in [6.45, 7) is 0. The normalized spacial score (nSPS) is 10.8. The van der Waals surface area contributed by atoms with Gasteiger partial charge in [0.15, 0.2) is 0 Å². The van der Waals surface area contributed by atoms with Crippen LogP contribution >= 0.6 is 0 Å². The lowest BCUT2D eigenvalue weighted by molar-refractivity contribution is 0.101. The average Bonchev–Trinajstić information content (AvgIpc) is 3.48. The summed E-state index contributed by atoms with van der Waals surface area (Å²) in [4.78, 5) is 44.2. The van der Waals surface area contributed by atoms with Gasteiger partial charge in [-0.2, -0.15) is 0 Å². The van der Waals surface area contributed by atoms with Crippen molar-refractivity contribution in [2.24, 2.45) is 0 Å². The second-order valence-electron chi connectivity index (χ2n) is 6.90. The Balaban J connectivity index is 1.43. The molecule has 0 aliphatic heterocycles. The number of anilines is 2. The summed E-state index contributed by atoms with van der Waals surface area (Å²) < 4.78 is 0. The molecule has 3 heterocycles. The van der Waals surface area contributed by atoms with Crippen molar-refractivity contribution < 1.29 is 9.59 Å². The number of aromatic nitrogens is 5. The Hall–Kier alpha value is -4.79. The number of para-hydroxylation sites is 1. The minimum atomic E-state index is -0.412. The third-order valence-corrected chi connectivity index (χ3v) is 4.83. The fourth-order valence-electron chi connectivity index (χ4n) is 3.39. The number of nitrogens with zero attached hydrogens (tertiary/aromatic N) is 3. The van der Waals surface area contributed by atoms with Gasteiger partial charge >= 0.3 is 0 Å². The third-order valence-electron chi connectivity index (χ3n) is 4.83. The van der Waals surface area contributed by atoms with Crippen molar-refractivity contribution >= 4 is 34.7 Å². The van der Waals surface area contributed by atoms with Crippen molar-refractivity contribution in [2.45, 2.75) is 0 Å². The zero-order valence-electron chi connectivity index (χ0n) is 16.7. The van der Waals surface area contributed by atoms with Gasteiger partial charge in [0.25, 0.3) is 11.8 Å². The summed E-state index contributed by atoms with van der Waals surface area (Å²) in [5.41, 5.74) is 3.24. The van der Waals surface area contributed by atoms with Crippen molar-refractivity contribution in [1.82, 2.24) is 24.9 Å². The fourth-order valence-corrected chi connectivity index (χ4v) is 3.39. The van der Waals surface area contributed by atoms with Crippen LogP contribution in [0.3, 0.4) is 0 Å². The topological polar surface area (TPSA) is 128 Å². The number of carbonyl (C=O) groups excluding carboxylic acids is 2. The molecule has 0 saturated carbocycles. The molecule has 5 aromatic rings. The Morgan fingerprint density at radius 1 is 0.781 bits per heavy atom. The summed E-state index contributed by atoms with van der Waals surface area (Å²) in [6.07, 6.45) is 4.72. The second kappa shape index (κ2) is 8.15. The standard InChI is InChI=1S/C23H17N7O2/c31-20(29-22-25-12-13-26-22)16-8-4-10-17-18(16)28-23(27-17)30-21(32)19-15(9-5-11-24-19)14-6-2-1-3-7-14/h1-13H,(H2,25,26,29,31)(H2,27,28,30,32). The minimum absolute atomic E-state index is 0.216. The van der Waals surface area contributed by atoms with Gasteiger partial charge in [-0.05, 0) is 23.8 Å². The fraction of sp³-hybridized carbons (Fsp3) is 0. The molecule has 9 nitrogen and oxygen atoms in total. The summed E-state index contributed by atoms with van der Waals surface area (Å²) in [7, 11) is 0. The molecule has 0 unspecified atom stereocenters. The molecule has 0 atom stereocenters. The van der Waals surface area contributed by atoms with E-state index in [0.29, 0.717) is 28.1 Å². The van der Waals surface area contributed by atoms with E-state index in [0.717, 1.165) is 5.56 Å². The number of hydrogen-bond acceptors (Lipinski definition) is 5. The van der Waals surface area contributed by atoms with Crippen LogP contribution in [0.2, 0.25) is 0 Å². The Morgan fingerprint density at radius 2 is 1.62 bits per heavy atom. The Kier molecular flexibility index (Phi) is 4.89. The first-order valence-electron chi connectivity index (χ1n) is 9.80. The number of fused-ring (bicyclic) bond motifs is 1. The highest BCUT2D eigenvalue weighted by molar-refractivity contribution is 6.12. The van der Waals surface area contributed by atoms with Gasteiger partial charge in [-0.3, -0.25) is 25.2 Å². The molecule has 0 saturated heterocycles. The Labute approximate surface area is 182 Å². The zero-order chi connectivity index (χ0) is 21.9. The minimum Gasteiger partial charge on any atom is -0.331 e. The van der Waals surface area contributed by atoms with E-state index in [1.165, 1.54) is 0 Å². The van der Waals surface area contributed by atoms with E-state index in [2.05, 4.69) is 35.6 Å². The van der Waals surface area contributed by atoms with Gasteiger partial charge in [0, 0.05) is 24.2 Å². The van der Waals surface area contributed by atoms with Gasteiger partial charge in [0.2, 0.25) is 11.9 Å². The van der Waals surface area contributed by atoms with Crippen LogP contribution in [-0.4, -0.2) is 36.7 Å². The molecule has 2 aromatic carbocycles. The molecule has 0 bridgehead atoms.